The van der Waals surface area contributed by atoms with Gasteiger partial charge in [-0.1, -0.05) is 24.3 Å². The summed E-state index contributed by atoms with van der Waals surface area (Å²) in [6.45, 7) is 4.65. The third kappa shape index (κ3) is 4.55. The summed E-state index contributed by atoms with van der Waals surface area (Å²) in [6, 6.07) is 0. The van der Waals surface area contributed by atoms with E-state index in [0.29, 0.717) is 13.1 Å². The lowest BCUT2D eigenvalue weighted by Crippen LogP contribution is -2.29. The molecule has 0 rings (SSSR count). The van der Waals surface area contributed by atoms with Crippen LogP contribution in [0.3, 0.4) is 0 Å². The van der Waals surface area contributed by atoms with E-state index < -0.39 is 6.09 Å². The molecule has 1 N–H and O–H groups in total. The number of hydrogen-bond donors (Lipinski definition) is 1. The zero-order valence-electron chi connectivity index (χ0n) is 7.53. The molecule has 0 aromatic carbocycles. The van der Waals surface area contributed by atoms with Crippen LogP contribution < -0.4 is 0 Å². The van der Waals surface area contributed by atoms with Crippen molar-refractivity contribution in [1.29, 1.82) is 0 Å². The van der Waals surface area contributed by atoms with E-state index >= 15 is 0 Å². The average Bonchev–Trinajstić information content (AvgIpc) is 2.04. The molecular weight excluding hydrogens is 154 g/mol. The van der Waals surface area contributed by atoms with Gasteiger partial charge in [-0.05, 0) is 13.8 Å². The summed E-state index contributed by atoms with van der Waals surface area (Å²) in [4.78, 5) is 11.9. The minimum atomic E-state index is -0.883. The number of rotatable bonds is 4. The SMILES string of the molecule is CC=CCN(CC=CC)C(=O)O. The van der Waals surface area contributed by atoms with E-state index in [2.05, 4.69) is 0 Å². The lowest BCUT2D eigenvalue weighted by Gasteiger charge is -2.14. The molecule has 3 nitrogen and oxygen atoms in total. The molecule has 0 aromatic heterocycles. The van der Waals surface area contributed by atoms with Gasteiger partial charge in [0.05, 0.1) is 0 Å². The lowest BCUT2D eigenvalue weighted by atomic mass is 10.4. The number of carbonyl (C=O) groups is 1. The van der Waals surface area contributed by atoms with Crippen molar-refractivity contribution in [2.24, 2.45) is 0 Å². The van der Waals surface area contributed by atoms with Crippen LogP contribution in [0.25, 0.3) is 0 Å². The van der Waals surface area contributed by atoms with Gasteiger partial charge in [-0.15, -0.1) is 0 Å². The maximum absolute atomic E-state index is 10.6. The highest BCUT2D eigenvalue weighted by Crippen LogP contribution is 1.91. The second kappa shape index (κ2) is 6.46. The van der Waals surface area contributed by atoms with E-state index in [1.807, 2.05) is 38.2 Å². The summed E-state index contributed by atoms with van der Waals surface area (Å²) in [5.74, 6) is 0. The summed E-state index contributed by atoms with van der Waals surface area (Å²) in [5.41, 5.74) is 0. The Balaban J connectivity index is 3.95. The van der Waals surface area contributed by atoms with Gasteiger partial charge < -0.3 is 10.0 Å². The number of carboxylic acid groups (broad SMARTS) is 1. The van der Waals surface area contributed by atoms with Gasteiger partial charge in [0.2, 0.25) is 0 Å². The maximum Gasteiger partial charge on any atom is 0.407 e. The first-order valence-electron chi connectivity index (χ1n) is 3.92. The predicted octanol–water partition coefficient (Wildman–Crippen LogP) is 2.12. The Morgan fingerprint density at radius 2 is 1.67 bits per heavy atom. The van der Waals surface area contributed by atoms with Crippen molar-refractivity contribution in [3.63, 3.8) is 0 Å². The van der Waals surface area contributed by atoms with Crippen molar-refractivity contribution in [2.75, 3.05) is 13.1 Å². The highest BCUT2D eigenvalue weighted by atomic mass is 16.4. The second-order valence-electron chi connectivity index (χ2n) is 2.33. The van der Waals surface area contributed by atoms with Crippen molar-refractivity contribution in [2.45, 2.75) is 13.8 Å². The first-order valence-corrected chi connectivity index (χ1v) is 3.92. The van der Waals surface area contributed by atoms with E-state index in [1.165, 1.54) is 4.90 Å². The minimum Gasteiger partial charge on any atom is -0.465 e. The molecule has 0 saturated heterocycles. The Morgan fingerprint density at radius 3 is 1.92 bits per heavy atom. The van der Waals surface area contributed by atoms with Gasteiger partial charge >= 0.3 is 6.09 Å². The van der Waals surface area contributed by atoms with Gasteiger partial charge in [0.1, 0.15) is 0 Å². The van der Waals surface area contributed by atoms with E-state index in [1.54, 1.807) is 0 Å². The Morgan fingerprint density at radius 1 is 1.25 bits per heavy atom. The highest BCUT2D eigenvalue weighted by molar-refractivity contribution is 5.65. The van der Waals surface area contributed by atoms with Crippen molar-refractivity contribution in [1.82, 2.24) is 4.90 Å². The molecule has 0 saturated carbocycles. The second-order valence-corrected chi connectivity index (χ2v) is 2.33. The minimum absolute atomic E-state index is 0.455. The lowest BCUT2D eigenvalue weighted by molar-refractivity contribution is 0.155. The quantitative estimate of drug-likeness (QED) is 0.655. The van der Waals surface area contributed by atoms with Gasteiger partial charge in [0.25, 0.3) is 0 Å². The number of allylic oxidation sites excluding steroid dienone is 2. The van der Waals surface area contributed by atoms with Crippen LogP contribution in [0.1, 0.15) is 13.8 Å². The predicted molar refractivity (Wildman–Crippen MR) is 49.2 cm³/mol. The molecule has 0 heterocycles. The molecule has 0 fully saturated rings. The Kier molecular flexibility index (Phi) is 5.79. The fourth-order valence-corrected chi connectivity index (χ4v) is 0.696. The fourth-order valence-electron chi connectivity index (χ4n) is 0.696. The number of nitrogens with zero attached hydrogens (tertiary/aromatic N) is 1. The summed E-state index contributed by atoms with van der Waals surface area (Å²) in [6.07, 6.45) is 6.43. The first kappa shape index (κ1) is 10.8. The van der Waals surface area contributed by atoms with E-state index in [4.69, 9.17) is 5.11 Å². The topological polar surface area (TPSA) is 40.5 Å². The van der Waals surface area contributed by atoms with Crippen molar-refractivity contribution < 1.29 is 9.90 Å². The molecule has 0 aliphatic rings. The van der Waals surface area contributed by atoms with Gasteiger partial charge in [-0.25, -0.2) is 4.79 Å². The smallest absolute Gasteiger partial charge is 0.407 e. The van der Waals surface area contributed by atoms with Crippen LogP contribution in [0.4, 0.5) is 4.79 Å². The highest BCUT2D eigenvalue weighted by Gasteiger charge is 2.05. The van der Waals surface area contributed by atoms with Crippen LogP contribution in [-0.2, 0) is 0 Å². The third-order valence-corrected chi connectivity index (χ3v) is 1.39. The van der Waals surface area contributed by atoms with E-state index in [0.717, 1.165) is 0 Å². The Hall–Kier alpha value is -1.25. The van der Waals surface area contributed by atoms with E-state index in [9.17, 15) is 4.79 Å². The molecule has 0 aliphatic heterocycles. The summed E-state index contributed by atoms with van der Waals surface area (Å²) >= 11 is 0. The van der Waals surface area contributed by atoms with Crippen LogP contribution in [0.15, 0.2) is 24.3 Å². The maximum atomic E-state index is 10.6. The number of hydrogen-bond acceptors (Lipinski definition) is 1. The molecule has 0 atom stereocenters. The molecule has 0 bridgehead atoms. The van der Waals surface area contributed by atoms with Crippen molar-refractivity contribution >= 4 is 6.09 Å². The van der Waals surface area contributed by atoms with Crippen LogP contribution >= 0.6 is 0 Å². The zero-order chi connectivity index (χ0) is 9.40. The van der Waals surface area contributed by atoms with Crippen LogP contribution in [0.5, 0.6) is 0 Å². The van der Waals surface area contributed by atoms with Crippen LogP contribution in [-0.4, -0.2) is 29.2 Å². The molecule has 0 radical (unpaired) electrons. The van der Waals surface area contributed by atoms with Crippen LogP contribution in [0.2, 0.25) is 0 Å². The molecule has 12 heavy (non-hydrogen) atoms. The van der Waals surface area contributed by atoms with Crippen molar-refractivity contribution in [3.8, 4) is 0 Å². The Bertz CT molecular complexity index is 171. The van der Waals surface area contributed by atoms with Gasteiger partial charge in [0.15, 0.2) is 0 Å². The van der Waals surface area contributed by atoms with Crippen molar-refractivity contribution in [3.05, 3.63) is 24.3 Å². The largest absolute Gasteiger partial charge is 0.465 e. The summed E-state index contributed by atoms with van der Waals surface area (Å²) in [5, 5.41) is 8.68. The fraction of sp³-hybridized carbons (Fsp3) is 0.444. The third-order valence-electron chi connectivity index (χ3n) is 1.39. The average molecular weight is 169 g/mol. The molecule has 0 spiro atoms. The van der Waals surface area contributed by atoms with E-state index in [-0.39, 0.29) is 0 Å². The molecular formula is C9H15NO2. The van der Waals surface area contributed by atoms with Gasteiger partial charge in [-0.3, -0.25) is 0 Å². The first-order chi connectivity index (χ1) is 5.72. The molecule has 1 amide bonds. The van der Waals surface area contributed by atoms with Gasteiger partial charge in [0, 0.05) is 13.1 Å². The molecule has 0 aromatic rings. The normalized spacial score (nSPS) is 11.2. The molecule has 3 heteroatoms. The molecule has 0 aliphatic carbocycles. The monoisotopic (exact) mass is 169 g/mol. The Labute approximate surface area is 73.0 Å². The summed E-state index contributed by atoms with van der Waals surface area (Å²) in [7, 11) is 0. The molecule has 68 valence electrons. The van der Waals surface area contributed by atoms with Gasteiger partial charge in [-0.2, -0.15) is 0 Å². The molecule has 0 unspecified atom stereocenters. The zero-order valence-corrected chi connectivity index (χ0v) is 7.53. The summed E-state index contributed by atoms with van der Waals surface area (Å²) < 4.78 is 0. The number of amides is 1. The standard InChI is InChI=1S/C9H15NO2/c1-3-5-7-10(9(11)12)8-6-4-2/h3-6H,7-8H2,1-2H3,(H,11,12). The van der Waals surface area contributed by atoms with Crippen LogP contribution in [0, 0.1) is 0 Å².